The van der Waals surface area contributed by atoms with Crippen molar-refractivity contribution in [2.24, 2.45) is 11.0 Å². The molecule has 14 heteroatoms. The number of anilines is 1. The summed E-state index contributed by atoms with van der Waals surface area (Å²) in [5.41, 5.74) is 5.81. The monoisotopic (exact) mass is 488 g/mol. The molecule has 1 aromatic heterocycles. The van der Waals surface area contributed by atoms with Gasteiger partial charge in [-0.05, 0) is 23.7 Å². The number of ether oxygens (including phenoxy) is 3. The summed E-state index contributed by atoms with van der Waals surface area (Å²) in [4.78, 5) is 42.8. The first kappa shape index (κ1) is 25.6. The Morgan fingerprint density at radius 1 is 1.31 bits per heavy atom. The van der Waals surface area contributed by atoms with Gasteiger partial charge in [0.15, 0.2) is 12.8 Å². The standard InChI is InChI=1S/C21H24N6O8/c1-12(2)19(31)34-11-21(25-26-22)17(30)16(29)18(35-21)27-9-8-14(24-20(27)32)23-15(28)10-33-13-6-4-3-5-7-13/h3-9,12,16-18,29-30H,10-11H2,1-2H3,(H,23,24,28,32)/t16-,17+,18-,21-/m1/s1. The van der Waals surface area contributed by atoms with Crippen molar-refractivity contribution in [3.63, 3.8) is 0 Å². The molecule has 2 heterocycles. The molecule has 186 valence electrons. The summed E-state index contributed by atoms with van der Waals surface area (Å²) in [6.07, 6.45) is -3.93. The maximum atomic E-state index is 12.6. The molecule has 0 spiro atoms. The number of carbonyl (C=O) groups excluding carboxylic acids is 2. The fourth-order valence-corrected chi connectivity index (χ4v) is 3.16. The first-order chi connectivity index (χ1) is 16.7. The second kappa shape index (κ2) is 11.0. The van der Waals surface area contributed by atoms with Gasteiger partial charge in [-0.15, -0.1) is 0 Å². The average Bonchev–Trinajstić information content (AvgIpc) is 3.07. The number of aromatic nitrogens is 2. The summed E-state index contributed by atoms with van der Waals surface area (Å²) in [5, 5.41) is 26.8. The Bertz CT molecular complexity index is 1170. The van der Waals surface area contributed by atoms with Gasteiger partial charge in [0, 0.05) is 11.1 Å². The summed E-state index contributed by atoms with van der Waals surface area (Å²) >= 11 is 0. The summed E-state index contributed by atoms with van der Waals surface area (Å²) in [6.45, 7) is 2.13. The number of aliphatic hydroxyl groups is 2. The molecule has 0 bridgehead atoms. The topological polar surface area (TPSA) is 198 Å². The Labute approximate surface area is 198 Å². The number of hydrogen-bond acceptors (Lipinski definition) is 10. The molecular weight excluding hydrogens is 464 g/mol. The highest BCUT2D eigenvalue weighted by atomic mass is 16.6. The van der Waals surface area contributed by atoms with Crippen molar-refractivity contribution in [2.75, 3.05) is 18.5 Å². The third kappa shape index (κ3) is 5.94. The van der Waals surface area contributed by atoms with Crippen LogP contribution in [0.3, 0.4) is 0 Å². The quantitative estimate of drug-likeness (QED) is 0.197. The SMILES string of the molecule is CC(C)C(=O)OC[C@@]1(N=[N+]=[N-])O[C@@H](n2ccc(NC(=O)COc3ccccc3)nc2=O)[C@H](O)[C@@H]1O. The number of azide groups is 1. The van der Waals surface area contributed by atoms with Crippen molar-refractivity contribution in [2.45, 2.75) is 38.0 Å². The molecule has 0 radical (unpaired) electrons. The van der Waals surface area contributed by atoms with Crippen LogP contribution in [0.4, 0.5) is 5.82 Å². The van der Waals surface area contributed by atoms with Crippen LogP contribution in [0.5, 0.6) is 5.75 Å². The average molecular weight is 488 g/mol. The molecule has 1 aliphatic heterocycles. The molecule has 35 heavy (non-hydrogen) atoms. The number of nitrogens with zero attached hydrogens (tertiary/aromatic N) is 5. The predicted octanol–water partition coefficient (Wildman–Crippen LogP) is 0.717. The Balaban J connectivity index is 1.72. The molecule has 0 saturated carbocycles. The zero-order valence-electron chi connectivity index (χ0n) is 18.8. The highest BCUT2D eigenvalue weighted by Gasteiger charge is 2.56. The minimum atomic E-state index is -2.18. The lowest BCUT2D eigenvalue weighted by Gasteiger charge is -2.26. The van der Waals surface area contributed by atoms with Gasteiger partial charge in [-0.3, -0.25) is 14.2 Å². The fraction of sp³-hybridized carbons (Fsp3) is 0.429. The van der Waals surface area contributed by atoms with Crippen molar-refractivity contribution in [1.82, 2.24) is 9.55 Å². The number of benzene rings is 1. The molecule has 0 aliphatic carbocycles. The fourth-order valence-electron chi connectivity index (χ4n) is 3.16. The number of para-hydroxylation sites is 1. The molecule has 1 saturated heterocycles. The molecule has 2 aromatic rings. The number of carbonyl (C=O) groups is 2. The molecule has 1 aliphatic rings. The molecule has 1 amide bonds. The van der Waals surface area contributed by atoms with Gasteiger partial charge in [-0.1, -0.05) is 37.2 Å². The van der Waals surface area contributed by atoms with Crippen LogP contribution in [-0.2, 0) is 19.1 Å². The van der Waals surface area contributed by atoms with Gasteiger partial charge in [-0.2, -0.15) is 4.98 Å². The Morgan fingerprint density at radius 2 is 2.03 bits per heavy atom. The lowest BCUT2D eigenvalue weighted by molar-refractivity contribution is -0.168. The number of rotatable bonds is 9. The summed E-state index contributed by atoms with van der Waals surface area (Å²) < 4.78 is 16.7. The minimum absolute atomic E-state index is 0.0897. The van der Waals surface area contributed by atoms with Crippen molar-refractivity contribution >= 4 is 17.7 Å². The van der Waals surface area contributed by atoms with Crippen molar-refractivity contribution in [1.29, 1.82) is 0 Å². The smallest absolute Gasteiger partial charge is 0.351 e. The third-order valence-corrected chi connectivity index (χ3v) is 4.99. The first-order valence-corrected chi connectivity index (χ1v) is 10.5. The van der Waals surface area contributed by atoms with Gasteiger partial charge in [-0.25, -0.2) is 4.79 Å². The van der Waals surface area contributed by atoms with Crippen LogP contribution >= 0.6 is 0 Å². The molecular formula is C21H24N6O8. The number of nitrogens with one attached hydrogen (secondary N) is 1. The van der Waals surface area contributed by atoms with E-state index in [1.54, 1.807) is 44.2 Å². The van der Waals surface area contributed by atoms with Crippen LogP contribution in [-0.4, -0.2) is 62.8 Å². The van der Waals surface area contributed by atoms with Crippen molar-refractivity contribution in [3.05, 3.63) is 63.5 Å². The second-order valence-electron chi connectivity index (χ2n) is 7.89. The van der Waals surface area contributed by atoms with E-state index in [1.807, 2.05) is 0 Å². The van der Waals surface area contributed by atoms with Gasteiger partial charge < -0.3 is 29.7 Å². The van der Waals surface area contributed by atoms with Crippen LogP contribution < -0.4 is 15.7 Å². The maximum absolute atomic E-state index is 12.6. The van der Waals surface area contributed by atoms with Crippen LogP contribution in [0.15, 0.2) is 52.5 Å². The van der Waals surface area contributed by atoms with Crippen LogP contribution in [0, 0.1) is 5.92 Å². The molecule has 3 rings (SSSR count). The van der Waals surface area contributed by atoms with Crippen molar-refractivity contribution in [3.8, 4) is 5.75 Å². The van der Waals surface area contributed by atoms with E-state index in [-0.39, 0.29) is 12.4 Å². The number of aliphatic hydroxyl groups excluding tert-OH is 2. The van der Waals surface area contributed by atoms with Crippen LogP contribution in [0.2, 0.25) is 0 Å². The van der Waals surface area contributed by atoms with E-state index in [0.29, 0.717) is 5.75 Å². The van der Waals surface area contributed by atoms with E-state index in [0.717, 1.165) is 10.8 Å². The Morgan fingerprint density at radius 3 is 2.66 bits per heavy atom. The number of amides is 1. The van der Waals surface area contributed by atoms with Crippen LogP contribution in [0.1, 0.15) is 20.1 Å². The lowest BCUT2D eigenvalue weighted by Crippen LogP contribution is -2.45. The molecule has 1 fully saturated rings. The van der Waals surface area contributed by atoms with Gasteiger partial charge in [0.1, 0.15) is 30.4 Å². The molecule has 1 aromatic carbocycles. The van der Waals surface area contributed by atoms with E-state index < -0.39 is 54.3 Å². The van der Waals surface area contributed by atoms with Crippen LogP contribution in [0.25, 0.3) is 10.4 Å². The molecule has 0 unspecified atom stereocenters. The summed E-state index contributed by atoms with van der Waals surface area (Å²) in [5.74, 6) is -1.33. The summed E-state index contributed by atoms with van der Waals surface area (Å²) in [6, 6.07) is 9.90. The lowest BCUT2D eigenvalue weighted by atomic mass is 10.1. The third-order valence-electron chi connectivity index (χ3n) is 4.99. The molecule has 3 N–H and O–H groups in total. The zero-order chi connectivity index (χ0) is 25.6. The summed E-state index contributed by atoms with van der Waals surface area (Å²) in [7, 11) is 0. The zero-order valence-corrected chi connectivity index (χ0v) is 18.8. The molecule has 14 nitrogen and oxygen atoms in total. The molecule has 4 atom stereocenters. The Kier molecular flexibility index (Phi) is 8.04. The maximum Gasteiger partial charge on any atom is 0.351 e. The normalized spacial score (nSPS) is 23.4. The van der Waals surface area contributed by atoms with Crippen molar-refractivity contribution < 1.29 is 34.0 Å². The number of esters is 1. The van der Waals surface area contributed by atoms with Gasteiger partial charge >= 0.3 is 11.7 Å². The van der Waals surface area contributed by atoms with E-state index in [1.165, 1.54) is 6.07 Å². The highest BCUT2D eigenvalue weighted by molar-refractivity contribution is 5.90. The Hall–Kier alpha value is -3.97. The van der Waals surface area contributed by atoms with Gasteiger partial charge in [0.05, 0.1) is 5.92 Å². The second-order valence-corrected chi connectivity index (χ2v) is 7.89. The number of hydrogen-bond donors (Lipinski definition) is 3. The van der Waals surface area contributed by atoms with Gasteiger partial charge in [0.2, 0.25) is 5.72 Å². The first-order valence-electron chi connectivity index (χ1n) is 10.5. The van der Waals surface area contributed by atoms with E-state index in [2.05, 4.69) is 20.3 Å². The van der Waals surface area contributed by atoms with E-state index >= 15 is 0 Å². The minimum Gasteiger partial charge on any atom is -0.484 e. The van der Waals surface area contributed by atoms with E-state index in [9.17, 15) is 24.6 Å². The van der Waals surface area contributed by atoms with Gasteiger partial charge in [0.25, 0.3) is 5.91 Å². The largest absolute Gasteiger partial charge is 0.484 e. The van der Waals surface area contributed by atoms with E-state index in [4.69, 9.17) is 19.7 Å². The highest BCUT2D eigenvalue weighted by Crippen LogP contribution is 2.38. The predicted molar refractivity (Wildman–Crippen MR) is 119 cm³/mol.